The second kappa shape index (κ2) is 1.72. The number of aliphatic hydroxyl groups is 1. The van der Waals surface area contributed by atoms with Crippen LogP contribution in [0.3, 0.4) is 0 Å². The monoisotopic (exact) mass is 126 g/mol. The third-order valence-corrected chi connectivity index (χ3v) is 3.06. The minimum absolute atomic E-state index is 0.0694. The lowest BCUT2D eigenvalue weighted by Crippen LogP contribution is -2.06. The number of hydrogen-bond donors (Lipinski definition) is 1. The molecule has 0 aromatic heterocycles. The second-order valence-electron chi connectivity index (χ2n) is 3.53. The fourth-order valence-corrected chi connectivity index (χ4v) is 2.35. The highest BCUT2D eigenvalue weighted by atomic mass is 16.3. The van der Waals surface area contributed by atoms with Crippen molar-refractivity contribution in [3.63, 3.8) is 0 Å². The molecule has 2 rings (SSSR count). The Labute approximate surface area is 56.1 Å². The maximum absolute atomic E-state index is 9.34. The van der Waals surface area contributed by atoms with Gasteiger partial charge >= 0.3 is 0 Å². The lowest BCUT2D eigenvalue weighted by molar-refractivity contribution is 0.150. The van der Waals surface area contributed by atoms with Gasteiger partial charge in [-0.3, -0.25) is 0 Å². The maximum atomic E-state index is 9.34. The zero-order chi connectivity index (χ0) is 6.43. The van der Waals surface area contributed by atoms with Crippen LogP contribution in [0.2, 0.25) is 0 Å². The third kappa shape index (κ3) is 0.710. The van der Waals surface area contributed by atoms with Crippen LogP contribution in [0.4, 0.5) is 0 Å². The first kappa shape index (κ1) is 5.72. The Morgan fingerprint density at radius 1 is 1.33 bits per heavy atom. The molecule has 2 saturated carbocycles. The standard InChI is InChI=1S/C8H14O/c1-2-5-3-8(9)7-4-6(5)7/h5-9H,2-4H2,1H3. The molecule has 2 fully saturated rings. The van der Waals surface area contributed by atoms with Crippen LogP contribution in [0, 0.1) is 17.8 Å². The summed E-state index contributed by atoms with van der Waals surface area (Å²) in [6.45, 7) is 2.23. The lowest BCUT2D eigenvalue weighted by Gasteiger charge is -2.08. The maximum Gasteiger partial charge on any atom is 0.0574 e. The topological polar surface area (TPSA) is 20.2 Å². The van der Waals surface area contributed by atoms with Crippen molar-refractivity contribution in [3.05, 3.63) is 0 Å². The van der Waals surface area contributed by atoms with E-state index < -0.39 is 0 Å². The van der Waals surface area contributed by atoms with Crippen LogP contribution in [-0.4, -0.2) is 11.2 Å². The number of aliphatic hydroxyl groups excluding tert-OH is 1. The van der Waals surface area contributed by atoms with Crippen LogP contribution in [-0.2, 0) is 0 Å². The van der Waals surface area contributed by atoms with Gasteiger partial charge < -0.3 is 5.11 Å². The molecule has 4 atom stereocenters. The number of rotatable bonds is 1. The molecule has 0 heterocycles. The van der Waals surface area contributed by atoms with E-state index in [1.165, 1.54) is 12.8 Å². The van der Waals surface area contributed by atoms with E-state index in [1.807, 2.05) is 0 Å². The van der Waals surface area contributed by atoms with E-state index in [1.54, 1.807) is 0 Å². The van der Waals surface area contributed by atoms with Gasteiger partial charge in [-0.2, -0.15) is 0 Å². The van der Waals surface area contributed by atoms with Crippen LogP contribution < -0.4 is 0 Å². The zero-order valence-electron chi connectivity index (χ0n) is 5.88. The van der Waals surface area contributed by atoms with E-state index >= 15 is 0 Å². The van der Waals surface area contributed by atoms with Gasteiger partial charge in [-0.15, -0.1) is 0 Å². The smallest absolute Gasteiger partial charge is 0.0574 e. The van der Waals surface area contributed by atoms with Crippen molar-refractivity contribution in [1.82, 2.24) is 0 Å². The van der Waals surface area contributed by atoms with E-state index in [0.717, 1.165) is 24.2 Å². The summed E-state index contributed by atoms with van der Waals surface area (Å²) >= 11 is 0. The minimum atomic E-state index is 0.0694. The second-order valence-corrected chi connectivity index (χ2v) is 3.53. The predicted molar refractivity (Wildman–Crippen MR) is 36.0 cm³/mol. The molecule has 0 amide bonds. The first-order valence-corrected chi connectivity index (χ1v) is 4.01. The molecule has 1 heteroatoms. The first-order chi connectivity index (χ1) is 4.33. The summed E-state index contributed by atoms with van der Waals surface area (Å²) in [6, 6.07) is 0. The highest BCUT2D eigenvalue weighted by molar-refractivity contribution is 5.02. The van der Waals surface area contributed by atoms with Crippen LogP contribution in [0.1, 0.15) is 26.2 Å². The van der Waals surface area contributed by atoms with E-state index in [-0.39, 0.29) is 6.10 Å². The van der Waals surface area contributed by atoms with Crippen molar-refractivity contribution in [2.75, 3.05) is 0 Å². The summed E-state index contributed by atoms with van der Waals surface area (Å²) in [5, 5.41) is 9.34. The Morgan fingerprint density at radius 3 is 2.33 bits per heavy atom. The summed E-state index contributed by atoms with van der Waals surface area (Å²) in [6.07, 6.45) is 3.75. The number of hydrogen-bond acceptors (Lipinski definition) is 1. The van der Waals surface area contributed by atoms with Crippen molar-refractivity contribution in [2.24, 2.45) is 17.8 Å². The summed E-state index contributed by atoms with van der Waals surface area (Å²) in [7, 11) is 0. The van der Waals surface area contributed by atoms with Gasteiger partial charge in [0.05, 0.1) is 6.10 Å². The van der Waals surface area contributed by atoms with Gasteiger partial charge in [-0.1, -0.05) is 13.3 Å². The average Bonchev–Trinajstić information content (AvgIpc) is 2.56. The van der Waals surface area contributed by atoms with Gasteiger partial charge in [0.15, 0.2) is 0 Å². The van der Waals surface area contributed by atoms with E-state index in [9.17, 15) is 5.11 Å². The van der Waals surface area contributed by atoms with Crippen LogP contribution in [0.15, 0.2) is 0 Å². The van der Waals surface area contributed by atoms with E-state index in [0.29, 0.717) is 0 Å². The SMILES string of the molecule is CCC1CC(O)C2CC12. The molecule has 52 valence electrons. The molecule has 9 heavy (non-hydrogen) atoms. The molecular formula is C8H14O. The molecule has 0 aliphatic heterocycles. The Hall–Kier alpha value is -0.0400. The normalized spacial score (nSPS) is 55.3. The van der Waals surface area contributed by atoms with Crippen molar-refractivity contribution < 1.29 is 5.11 Å². The van der Waals surface area contributed by atoms with Crippen molar-refractivity contribution in [3.8, 4) is 0 Å². The molecule has 1 N–H and O–H groups in total. The Balaban J connectivity index is 2.00. The van der Waals surface area contributed by atoms with E-state index in [4.69, 9.17) is 0 Å². The van der Waals surface area contributed by atoms with Gasteiger partial charge in [0, 0.05) is 0 Å². The Bertz CT molecular complexity index is 122. The minimum Gasteiger partial charge on any atom is -0.393 e. The molecule has 0 radical (unpaired) electrons. The summed E-state index contributed by atoms with van der Waals surface area (Å²) in [4.78, 5) is 0. The van der Waals surface area contributed by atoms with Crippen molar-refractivity contribution in [2.45, 2.75) is 32.3 Å². The Kier molecular flexibility index (Phi) is 1.10. The lowest BCUT2D eigenvalue weighted by atomic mass is 10.0. The first-order valence-electron chi connectivity index (χ1n) is 4.01. The largest absolute Gasteiger partial charge is 0.393 e. The fraction of sp³-hybridized carbons (Fsp3) is 1.00. The molecule has 0 aromatic carbocycles. The summed E-state index contributed by atoms with van der Waals surface area (Å²) in [5.74, 6) is 2.50. The average molecular weight is 126 g/mol. The van der Waals surface area contributed by atoms with Gasteiger partial charge in [-0.25, -0.2) is 0 Å². The zero-order valence-corrected chi connectivity index (χ0v) is 5.88. The molecule has 2 aliphatic carbocycles. The molecule has 1 nitrogen and oxygen atoms in total. The van der Waals surface area contributed by atoms with Crippen molar-refractivity contribution in [1.29, 1.82) is 0 Å². The Morgan fingerprint density at radius 2 is 2.11 bits per heavy atom. The quantitative estimate of drug-likeness (QED) is 0.563. The van der Waals surface area contributed by atoms with Crippen LogP contribution in [0.25, 0.3) is 0 Å². The molecule has 0 spiro atoms. The van der Waals surface area contributed by atoms with Gasteiger partial charge in [-0.05, 0) is 30.6 Å². The molecule has 0 bridgehead atoms. The molecular weight excluding hydrogens is 112 g/mol. The van der Waals surface area contributed by atoms with Crippen LogP contribution >= 0.6 is 0 Å². The highest BCUT2D eigenvalue weighted by Gasteiger charge is 2.52. The van der Waals surface area contributed by atoms with Gasteiger partial charge in [0.1, 0.15) is 0 Å². The molecule has 0 aromatic rings. The number of fused-ring (bicyclic) bond motifs is 1. The molecule has 0 saturated heterocycles. The third-order valence-electron chi connectivity index (χ3n) is 3.06. The summed E-state index contributed by atoms with van der Waals surface area (Å²) < 4.78 is 0. The predicted octanol–water partition coefficient (Wildman–Crippen LogP) is 1.41. The van der Waals surface area contributed by atoms with Crippen molar-refractivity contribution >= 4 is 0 Å². The summed E-state index contributed by atoms with van der Waals surface area (Å²) in [5.41, 5.74) is 0. The van der Waals surface area contributed by atoms with Gasteiger partial charge in [0.25, 0.3) is 0 Å². The van der Waals surface area contributed by atoms with Crippen LogP contribution in [0.5, 0.6) is 0 Å². The van der Waals surface area contributed by atoms with E-state index in [2.05, 4.69) is 6.92 Å². The molecule has 4 unspecified atom stereocenters. The highest BCUT2D eigenvalue weighted by Crippen LogP contribution is 2.56. The fourth-order valence-electron chi connectivity index (χ4n) is 2.35. The molecule has 2 aliphatic rings. The van der Waals surface area contributed by atoms with Gasteiger partial charge in [0.2, 0.25) is 0 Å².